The average Bonchev–Trinajstić information content (AvgIpc) is 2.34. The van der Waals surface area contributed by atoms with Crippen molar-refractivity contribution in [3.8, 4) is 0 Å². The minimum Gasteiger partial charge on any atom is -0.354 e. The number of alkyl halides is 2. The zero-order chi connectivity index (χ0) is 12.5. The third kappa shape index (κ3) is 6.51. The lowest BCUT2D eigenvalue weighted by Gasteiger charge is -2.06. The molecule has 94 valence electrons. The SMILES string of the molecule is O=C(NCCCNCc1ccccc1)C(Cl)Cl. The smallest absolute Gasteiger partial charge is 0.253 e. The summed E-state index contributed by atoms with van der Waals surface area (Å²) < 4.78 is 0. The molecule has 5 heteroatoms. The predicted octanol–water partition coefficient (Wildman–Crippen LogP) is 2.09. The van der Waals surface area contributed by atoms with E-state index in [2.05, 4.69) is 22.8 Å². The molecule has 0 atom stereocenters. The third-order valence-corrected chi connectivity index (χ3v) is 2.60. The lowest BCUT2D eigenvalue weighted by Crippen LogP contribution is -2.31. The molecule has 1 aromatic carbocycles. The standard InChI is InChI=1S/C12H16Cl2N2O/c13-11(14)12(17)16-8-4-7-15-9-10-5-2-1-3-6-10/h1-3,5-6,11,15H,4,7-9H2,(H,16,17). The van der Waals surface area contributed by atoms with Crippen molar-refractivity contribution in [1.82, 2.24) is 10.6 Å². The molecule has 2 N–H and O–H groups in total. The Morgan fingerprint density at radius 2 is 1.88 bits per heavy atom. The summed E-state index contributed by atoms with van der Waals surface area (Å²) in [5, 5.41) is 5.93. The number of nitrogens with one attached hydrogen (secondary N) is 2. The van der Waals surface area contributed by atoms with E-state index in [0.29, 0.717) is 6.54 Å². The second-order valence-corrected chi connectivity index (χ2v) is 4.70. The van der Waals surface area contributed by atoms with Crippen molar-refractivity contribution in [2.45, 2.75) is 17.8 Å². The predicted molar refractivity (Wildman–Crippen MR) is 71.3 cm³/mol. The Bertz CT molecular complexity index is 331. The van der Waals surface area contributed by atoms with Crippen LogP contribution in [0.2, 0.25) is 0 Å². The molecule has 0 spiro atoms. The summed E-state index contributed by atoms with van der Waals surface area (Å²) in [6.45, 7) is 2.25. The molecular weight excluding hydrogens is 259 g/mol. The summed E-state index contributed by atoms with van der Waals surface area (Å²) in [5.41, 5.74) is 1.25. The van der Waals surface area contributed by atoms with Crippen molar-refractivity contribution in [2.75, 3.05) is 13.1 Å². The van der Waals surface area contributed by atoms with E-state index in [0.717, 1.165) is 19.5 Å². The van der Waals surface area contributed by atoms with Gasteiger partial charge in [0.15, 0.2) is 4.84 Å². The van der Waals surface area contributed by atoms with Gasteiger partial charge in [0.2, 0.25) is 0 Å². The molecular formula is C12H16Cl2N2O. The fourth-order valence-electron chi connectivity index (χ4n) is 1.33. The number of benzene rings is 1. The van der Waals surface area contributed by atoms with Gasteiger partial charge in [0.25, 0.3) is 5.91 Å². The first-order chi connectivity index (χ1) is 8.20. The highest BCUT2D eigenvalue weighted by atomic mass is 35.5. The van der Waals surface area contributed by atoms with Crippen molar-refractivity contribution in [3.63, 3.8) is 0 Å². The van der Waals surface area contributed by atoms with Crippen LogP contribution >= 0.6 is 23.2 Å². The van der Waals surface area contributed by atoms with Crippen molar-refractivity contribution >= 4 is 29.1 Å². The molecule has 0 aliphatic rings. The number of carbonyl (C=O) groups is 1. The molecule has 1 rings (SSSR count). The zero-order valence-corrected chi connectivity index (χ0v) is 11.0. The second-order valence-electron chi connectivity index (χ2n) is 3.61. The fraction of sp³-hybridized carbons (Fsp3) is 0.417. The molecule has 0 saturated heterocycles. The van der Waals surface area contributed by atoms with Gasteiger partial charge in [-0.05, 0) is 18.5 Å². The number of amides is 1. The number of halogens is 2. The first kappa shape index (κ1) is 14.3. The summed E-state index contributed by atoms with van der Waals surface area (Å²) in [6, 6.07) is 10.2. The second kappa shape index (κ2) is 8.34. The zero-order valence-electron chi connectivity index (χ0n) is 9.46. The maximum atomic E-state index is 11.0. The normalized spacial score (nSPS) is 10.5. The highest BCUT2D eigenvalue weighted by molar-refractivity contribution is 6.53. The van der Waals surface area contributed by atoms with Crippen molar-refractivity contribution in [1.29, 1.82) is 0 Å². The van der Waals surface area contributed by atoms with Gasteiger partial charge in [-0.25, -0.2) is 0 Å². The minimum atomic E-state index is -0.979. The van der Waals surface area contributed by atoms with Gasteiger partial charge in [0.1, 0.15) is 0 Å². The van der Waals surface area contributed by atoms with E-state index in [4.69, 9.17) is 23.2 Å². The summed E-state index contributed by atoms with van der Waals surface area (Å²) in [6.07, 6.45) is 0.846. The van der Waals surface area contributed by atoms with E-state index >= 15 is 0 Å². The van der Waals surface area contributed by atoms with Gasteiger partial charge in [0.05, 0.1) is 0 Å². The molecule has 0 aliphatic carbocycles. The van der Waals surface area contributed by atoms with Gasteiger partial charge in [-0.2, -0.15) is 0 Å². The molecule has 0 fully saturated rings. The molecule has 0 radical (unpaired) electrons. The number of carbonyl (C=O) groups excluding carboxylic acids is 1. The summed E-state index contributed by atoms with van der Waals surface area (Å²) >= 11 is 10.8. The Labute approximate surface area is 111 Å². The Balaban J connectivity index is 2.00. The van der Waals surface area contributed by atoms with Crippen LogP contribution in [0.25, 0.3) is 0 Å². The van der Waals surface area contributed by atoms with Crippen molar-refractivity contribution < 1.29 is 4.79 Å². The third-order valence-electron chi connectivity index (χ3n) is 2.20. The quantitative estimate of drug-likeness (QED) is 0.591. The van der Waals surface area contributed by atoms with Crippen LogP contribution in [0.5, 0.6) is 0 Å². The fourth-order valence-corrected chi connectivity index (χ4v) is 1.49. The van der Waals surface area contributed by atoms with Gasteiger partial charge in [-0.1, -0.05) is 53.5 Å². The van der Waals surface area contributed by atoms with E-state index in [1.165, 1.54) is 5.56 Å². The lowest BCUT2D eigenvalue weighted by molar-refractivity contribution is -0.119. The molecule has 1 aromatic rings. The van der Waals surface area contributed by atoms with Crippen molar-refractivity contribution in [3.05, 3.63) is 35.9 Å². The molecule has 0 aliphatic heterocycles. The first-order valence-corrected chi connectivity index (χ1v) is 6.38. The number of hydrogen-bond acceptors (Lipinski definition) is 2. The van der Waals surface area contributed by atoms with E-state index in [1.807, 2.05) is 18.2 Å². The van der Waals surface area contributed by atoms with Crippen LogP contribution in [0.15, 0.2) is 30.3 Å². The average molecular weight is 275 g/mol. The van der Waals surface area contributed by atoms with Crippen LogP contribution < -0.4 is 10.6 Å². The molecule has 17 heavy (non-hydrogen) atoms. The van der Waals surface area contributed by atoms with E-state index < -0.39 is 4.84 Å². The highest BCUT2D eigenvalue weighted by Crippen LogP contribution is 2.00. The Morgan fingerprint density at radius 1 is 1.18 bits per heavy atom. The van der Waals surface area contributed by atoms with Gasteiger partial charge in [-0.3, -0.25) is 4.79 Å². The summed E-state index contributed by atoms with van der Waals surface area (Å²) in [7, 11) is 0. The Morgan fingerprint density at radius 3 is 2.53 bits per heavy atom. The van der Waals surface area contributed by atoms with Crippen LogP contribution in [0.1, 0.15) is 12.0 Å². The maximum Gasteiger partial charge on any atom is 0.253 e. The van der Waals surface area contributed by atoms with Crippen molar-refractivity contribution in [2.24, 2.45) is 0 Å². The monoisotopic (exact) mass is 274 g/mol. The first-order valence-electron chi connectivity index (χ1n) is 5.50. The van der Waals surface area contributed by atoms with Crippen LogP contribution in [-0.2, 0) is 11.3 Å². The van der Waals surface area contributed by atoms with Gasteiger partial charge >= 0.3 is 0 Å². The maximum absolute atomic E-state index is 11.0. The summed E-state index contributed by atoms with van der Waals surface area (Å²) in [4.78, 5) is 10.0. The molecule has 0 heterocycles. The lowest BCUT2D eigenvalue weighted by atomic mass is 10.2. The van der Waals surface area contributed by atoms with Gasteiger partial charge in [-0.15, -0.1) is 0 Å². The summed E-state index contributed by atoms with van der Waals surface area (Å²) in [5.74, 6) is -0.337. The van der Waals surface area contributed by atoms with Gasteiger partial charge < -0.3 is 10.6 Å². The van der Waals surface area contributed by atoms with E-state index in [-0.39, 0.29) is 5.91 Å². The van der Waals surface area contributed by atoms with Crippen LogP contribution in [0.4, 0.5) is 0 Å². The Hall–Kier alpha value is -0.770. The van der Waals surface area contributed by atoms with Gasteiger partial charge in [0, 0.05) is 13.1 Å². The number of hydrogen-bond donors (Lipinski definition) is 2. The Kier molecular flexibility index (Phi) is 7.01. The minimum absolute atomic E-state index is 0.337. The largest absolute Gasteiger partial charge is 0.354 e. The molecule has 3 nitrogen and oxygen atoms in total. The highest BCUT2D eigenvalue weighted by Gasteiger charge is 2.09. The molecule has 0 bridgehead atoms. The molecule has 0 aromatic heterocycles. The molecule has 1 amide bonds. The van der Waals surface area contributed by atoms with E-state index in [1.54, 1.807) is 0 Å². The van der Waals surface area contributed by atoms with Crippen LogP contribution in [0.3, 0.4) is 0 Å². The van der Waals surface area contributed by atoms with Crippen LogP contribution in [0, 0.1) is 0 Å². The van der Waals surface area contributed by atoms with E-state index in [9.17, 15) is 4.79 Å². The topological polar surface area (TPSA) is 41.1 Å². The van der Waals surface area contributed by atoms with Crippen LogP contribution in [-0.4, -0.2) is 23.8 Å². The number of rotatable bonds is 7. The molecule has 0 unspecified atom stereocenters. The molecule has 0 saturated carbocycles.